The molecule has 146 valence electrons. The number of amides is 4. The number of aromatic nitrogens is 1. The molecule has 1 aliphatic rings. The lowest BCUT2D eigenvalue weighted by Gasteiger charge is -2.26. The van der Waals surface area contributed by atoms with Gasteiger partial charge in [0.2, 0.25) is 0 Å². The molecule has 4 rings (SSSR count). The lowest BCUT2D eigenvalue weighted by atomic mass is 10.1. The Morgan fingerprint density at radius 2 is 1.69 bits per heavy atom. The topological polar surface area (TPSA) is 71.4 Å². The van der Waals surface area contributed by atoms with E-state index in [0.717, 1.165) is 27.9 Å². The van der Waals surface area contributed by atoms with Crippen molar-refractivity contribution in [2.75, 3.05) is 4.90 Å². The predicted octanol–water partition coefficient (Wildman–Crippen LogP) is 4.03. The average Bonchev–Trinajstić information content (AvgIpc) is 3.05. The fourth-order valence-electron chi connectivity index (χ4n) is 3.41. The van der Waals surface area contributed by atoms with Gasteiger partial charge in [-0.05, 0) is 50.3 Å². The SMILES string of the molecule is CC(C)n1cc(C=C2C(=O)NC(=O)N(c3ccc(F)cc3)C2=O)c2ccccc21. The molecule has 1 aromatic heterocycles. The normalized spacial score (nSPS) is 16.2. The van der Waals surface area contributed by atoms with Gasteiger partial charge in [-0.2, -0.15) is 0 Å². The van der Waals surface area contributed by atoms with E-state index in [1.54, 1.807) is 0 Å². The third-order valence-corrected chi connectivity index (χ3v) is 4.81. The molecule has 0 radical (unpaired) electrons. The molecule has 2 aromatic carbocycles. The largest absolute Gasteiger partial charge is 0.344 e. The number of imide groups is 2. The van der Waals surface area contributed by atoms with Gasteiger partial charge in [0.15, 0.2) is 0 Å². The number of barbiturate groups is 1. The Balaban J connectivity index is 1.82. The maximum Gasteiger partial charge on any atom is 0.335 e. The average molecular weight is 391 g/mol. The van der Waals surface area contributed by atoms with Crippen LogP contribution in [0, 0.1) is 5.82 Å². The maximum absolute atomic E-state index is 13.2. The minimum Gasteiger partial charge on any atom is -0.344 e. The number of benzene rings is 2. The first-order valence-electron chi connectivity index (χ1n) is 9.13. The van der Waals surface area contributed by atoms with Gasteiger partial charge in [-0.15, -0.1) is 0 Å². The number of nitrogens with zero attached hydrogens (tertiary/aromatic N) is 2. The Labute approximate surface area is 166 Å². The lowest BCUT2D eigenvalue weighted by Crippen LogP contribution is -2.54. The highest BCUT2D eigenvalue weighted by Crippen LogP contribution is 2.28. The molecule has 1 aliphatic heterocycles. The van der Waals surface area contributed by atoms with Gasteiger partial charge < -0.3 is 4.57 Å². The number of para-hydroxylation sites is 1. The summed E-state index contributed by atoms with van der Waals surface area (Å²) in [6.45, 7) is 4.08. The van der Waals surface area contributed by atoms with Gasteiger partial charge in [0.25, 0.3) is 11.8 Å². The van der Waals surface area contributed by atoms with Crippen LogP contribution >= 0.6 is 0 Å². The molecule has 7 heteroatoms. The molecule has 1 saturated heterocycles. The van der Waals surface area contributed by atoms with Gasteiger partial charge in [-0.1, -0.05) is 18.2 Å². The Hall–Kier alpha value is -3.74. The van der Waals surface area contributed by atoms with Gasteiger partial charge in [0, 0.05) is 28.7 Å². The molecule has 6 nitrogen and oxygen atoms in total. The number of rotatable bonds is 3. The highest BCUT2D eigenvalue weighted by Gasteiger charge is 2.37. The van der Waals surface area contributed by atoms with E-state index in [2.05, 4.69) is 9.88 Å². The fourth-order valence-corrected chi connectivity index (χ4v) is 3.41. The zero-order valence-corrected chi connectivity index (χ0v) is 15.8. The van der Waals surface area contributed by atoms with Crippen LogP contribution in [-0.2, 0) is 9.59 Å². The van der Waals surface area contributed by atoms with Crippen molar-refractivity contribution in [2.24, 2.45) is 0 Å². The third-order valence-electron chi connectivity index (χ3n) is 4.81. The molecule has 0 saturated carbocycles. The summed E-state index contributed by atoms with van der Waals surface area (Å²) in [7, 11) is 0. The summed E-state index contributed by atoms with van der Waals surface area (Å²) in [5, 5.41) is 3.07. The Bertz CT molecular complexity index is 1180. The van der Waals surface area contributed by atoms with E-state index in [-0.39, 0.29) is 17.3 Å². The number of hydrogen-bond acceptors (Lipinski definition) is 3. The van der Waals surface area contributed by atoms with Crippen molar-refractivity contribution in [1.29, 1.82) is 0 Å². The minimum atomic E-state index is -0.867. The Morgan fingerprint density at radius 3 is 2.38 bits per heavy atom. The number of carbonyl (C=O) groups excluding carboxylic acids is 3. The molecule has 0 spiro atoms. The summed E-state index contributed by atoms with van der Waals surface area (Å²) in [4.78, 5) is 38.5. The van der Waals surface area contributed by atoms with Gasteiger partial charge >= 0.3 is 6.03 Å². The number of anilines is 1. The summed E-state index contributed by atoms with van der Waals surface area (Å²) in [5.41, 5.74) is 1.68. The van der Waals surface area contributed by atoms with Crippen LogP contribution in [0.2, 0.25) is 0 Å². The summed E-state index contributed by atoms with van der Waals surface area (Å²) in [5.74, 6) is -2.02. The molecule has 0 bridgehead atoms. The number of nitrogens with one attached hydrogen (secondary N) is 1. The zero-order chi connectivity index (χ0) is 20.7. The van der Waals surface area contributed by atoms with Gasteiger partial charge in [0.05, 0.1) is 5.69 Å². The first-order chi connectivity index (χ1) is 13.9. The van der Waals surface area contributed by atoms with Crippen LogP contribution in [0.5, 0.6) is 0 Å². The monoisotopic (exact) mass is 391 g/mol. The van der Waals surface area contributed by atoms with Crippen LogP contribution in [0.1, 0.15) is 25.5 Å². The van der Waals surface area contributed by atoms with Crippen LogP contribution in [0.4, 0.5) is 14.9 Å². The molecule has 1 fully saturated rings. The van der Waals surface area contributed by atoms with Crippen LogP contribution in [0.25, 0.3) is 17.0 Å². The van der Waals surface area contributed by atoms with Gasteiger partial charge in [0.1, 0.15) is 11.4 Å². The van der Waals surface area contributed by atoms with Crippen molar-refractivity contribution < 1.29 is 18.8 Å². The molecule has 0 unspecified atom stereocenters. The quantitative estimate of drug-likeness (QED) is 0.541. The van der Waals surface area contributed by atoms with Crippen LogP contribution < -0.4 is 10.2 Å². The standard InChI is InChI=1S/C22H18FN3O3/c1-13(2)25-12-14(17-5-3-4-6-19(17)25)11-18-20(27)24-22(29)26(21(18)28)16-9-7-15(23)8-10-16/h3-13H,1-2H3,(H,24,27,29). The van der Waals surface area contributed by atoms with E-state index in [1.165, 1.54) is 18.2 Å². The molecule has 0 aliphatic carbocycles. The summed E-state index contributed by atoms with van der Waals surface area (Å²) >= 11 is 0. The van der Waals surface area contributed by atoms with Crippen molar-refractivity contribution in [1.82, 2.24) is 9.88 Å². The van der Waals surface area contributed by atoms with Crippen LogP contribution in [0.15, 0.2) is 60.3 Å². The molecule has 2 heterocycles. The van der Waals surface area contributed by atoms with Gasteiger partial charge in [-0.3, -0.25) is 14.9 Å². The predicted molar refractivity (Wildman–Crippen MR) is 108 cm³/mol. The van der Waals surface area contributed by atoms with E-state index in [9.17, 15) is 18.8 Å². The first-order valence-corrected chi connectivity index (χ1v) is 9.13. The number of carbonyl (C=O) groups is 3. The van der Waals surface area contributed by atoms with Crippen molar-refractivity contribution in [3.8, 4) is 0 Å². The minimum absolute atomic E-state index is 0.166. The van der Waals surface area contributed by atoms with Crippen LogP contribution in [-0.4, -0.2) is 22.4 Å². The van der Waals surface area contributed by atoms with Crippen molar-refractivity contribution in [3.63, 3.8) is 0 Å². The van der Waals surface area contributed by atoms with Crippen LogP contribution in [0.3, 0.4) is 0 Å². The molecule has 29 heavy (non-hydrogen) atoms. The zero-order valence-electron chi connectivity index (χ0n) is 15.8. The summed E-state index contributed by atoms with van der Waals surface area (Å²) in [6.07, 6.45) is 3.36. The smallest absolute Gasteiger partial charge is 0.335 e. The molecular weight excluding hydrogens is 373 g/mol. The van der Waals surface area contributed by atoms with Crippen molar-refractivity contribution >= 4 is 40.5 Å². The second-order valence-electron chi connectivity index (χ2n) is 7.04. The number of halogens is 1. The molecule has 1 N–H and O–H groups in total. The Kier molecular flexibility index (Phi) is 4.50. The van der Waals surface area contributed by atoms with E-state index >= 15 is 0 Å². The highest BCUT2D eigenvalue weighted by atomic mass is 19.1. The summed E-state index contributed by atoms with van der Waals surface area (Å²) < 4.78 is 15.3. The Morgan fingerprint density at radius 1 is 1.00 bits per heavy atom. The third kappa shape index (κ3) is 3.20. The number of hydrogen-bond donors (Lipinski definition) is 1. The second kappa shape index (κ2) is 7.01. The number of fused-ring (bicyclic) bond motifs is 1. The molecule has 3 aromatic rings. The number of urea groups is 1. The summed E-state index contributed by atoms with van der Waals surface area (Å²) in [6, 6.07) is 11.9. The van der Waals surface area contributed by atoms with Crippen molar-refractivity contribution in [2.45, 2.75) is 19.9 Å². The fraction of sp³-hybridized carbons (Fsp3) is 0.136. The van der Waals surface area contributed by atoms with Crippen molar-refractivity contribution in [3.05, 3.63) is 71.7 Å². The van der Waals surface area contributed by atoms with E-state index in [4.69, 9.17) is 0 Å². The highest BCUT2D eigenvalue weighted by molar-refractivity contribution is 6.39. The lowest BCUT2D eigenvalue weighted by molar-refractivity contribution is -0.122. The van der Waals surface area contributed by atoms with E-state index in [1.807, 2.05) is 44.3 Å². The molecule has 4 amide bonds. The first kappa shape index (κ1) is 18.6. The van der Waals surface area contributed by atoms with E-state index < -0.39 is 23.7 Å². The van der Waals surface area contributed by atoms with Gasteiger partial charge in [-0.25, -0.2) is 14.1 Å². The van der Waals surface area contributed by atoms with E-state index in [0.29, 0.717) is 5.56 Å². The molecule has 0 atom stereocenters. The maximum atomic E-state index is 13.2. The molecular formula is C22H18FN3O3. The second-order valence-corrected chi connectivity index (χ2v) is 7.04.